The van der Waals surface area contributed by atoms with E-state index in [1.165, 1.54) is 49.8 Å². The van der Waals surface area contributed by atoms with Crippen LogP contribution in [0.3, 0.4) is 0 Å². The van der Waals surface area contributed by atoms with Crippen LogP contribution < -0.4 is 5.32 Å². The van der Waals surface area contributed by atoms with Gasteiger partial charge in [-0.3, -0.25) is 0 Å². The maximum atomic E-state index is 6.15. The smallest absolute Gasteiger partial charge is 0.0931 e. The molecule has 1 heterocycles. The van der Waals surface area contributed by atoms with Crippen LogP contribution in [0.2, 0.25) is 4.34 Å². The summed E-state index contributed by atoms with van der Waals surface area (Å²) < 4.78 is 0.925. The number of rotatable bonds is 4. The van der Waals surface area contributed by atoms with Gasteiger partial charge >= 0.3 is 0 Å². The van der Waals surface area contributed by atoms with E-state index in [2.05, 4.69) is 24.4 Å². The normalized spacial score (nSPS) is 31.8. The van der Waals surface area contributed by atoms with Gasteiger partial charge in [0.2, 0.25) is 0 Å². The summed E-state index contributed by atoms with van der Waals surface area (Å²) in [6.45, 7) is 3.26. The van der Waals surface area contributed by atoms with Gasteiger partial charge in [0, 0.05) is 10.9 Å². The molecule has 0 radical (unpaired) electrons. The highest BCUT2D eigenvalue weighted by Gasteiger charge is 2.36. The third-order valence-electron chi connectivity index (χ3n) is 5.38. The Kier molecular flexibility index (Phi) is 5.06. The van der Waals surface area contributed by atoms with Crippen molar-refractivity contribution in [2.75, 3.05) is 6.54 Å². The number of hydrogen-bond acceptors (Lipinski definition) is 2. The summed E-state index contributed by atoms with van der Waals surface area (Å²) in [5.74, 6) is 2.84. The first-order chi connectivity index (χ1) is 9.78. The Morgan fingerprint density at radius 3 is 2.70 bits per heavy atom. The lowest BCUT2D eigenvalue weighted by atomic mass is 9.66. The molecule has 1 aromatic rings. The molecule has 3 rings (SSSR count). The van der Waals surface area contributed by atoms with Crippen LogP contribution in [0.15, 0.2) is 12.1 Å². The highest BCUT2D eigenvalue weighted by Crippen LogP contribution is 2.47. The third-order valence-corrected chi connectivity index (χ3v) is 6.69. The second-order valence-electron chi connectivity index (χ2n) is 6.55. The molecular formula is C17H26ClNS. The van der Waals surface area contributed by atoms with E-state index in [1.807, 2.05) is 0 Å². The minimum Gasteiger partial charge on any atom is -0.309 e. The van der Waals surface area contributed by atoms with E-state index in [9.17, 15) is 0 Å². The molecule has 3 heteroatoms. The van der Waals surface area contributed by atoms with Gasteiger partial charge in [0.25, 0.3) is 0 Å². The average molecular weight is 312 g/mol. The van der Waals surface area contributed by atoms with E-state index in [0.29, 0.717) is 6.04 Å². The van der Waals surface area contributed by atoms with Crippen molar-refractivity contribution in [3.8, 4) is 0 Å². The lowest BCUT2D eigenvalue weighted by Gasteiger charge is -2.42. The summed E-state index contributed by atoms with van der Waals surface area (Å²) in [5, 5.41) is 3.73. The quantitative estimate of drug-likeness (QED) is 0.756. The van der Waals surface area contributed by atoms with Crippen molar-refractivity contribution in [3.63, 3.8) is 0 Å². The van der Waals surface area contributed by atoms with Crippen LogP contribution in [-0.2, 0) is 0 Å². The molecule has 2 saturated carbocycles. The van der Waals surface area contributed by atoms with Crippen LogP contribution in [0.4, 0.5) is 0 Å². The van der Waals surface area contributed by atoms with Crippen LogP contribution in [0.5, 0.6) is 0 Å². The van der Waals surface area contributed by atoms with Gasteiger partial charge in [-0.25, -0.2) is 0 Å². The summed E-state index contributed by atoms with van der Waals surface area (Å²) in [7, 11) is 0. The van der Waals surface area contributed by atoms with Gasteiger partial charge in [0.1, 0.15) is 0 Å². The molecule has 0 amide bonds. The Hall–Kier alpha value is -0.0500. The van der Waals surface area contributed by atoms with Gasteiger partial charge in [-0.05, 0) is 55.7 Å². The minimum absolute atomic E-state index is 0.528. The lowest BCUT2D eigenvalue weighted by Crippen LogP contribution is -2.35. The molecule has 112 valence electrons. The van der Waals surface area contributed by atoms with Crippen molar-refractivity contribution < 1.29 is 0 Å². The standard InChI is InChI=1S/C17H26ClNS/c1-2-19-17(15-9-10-16(18)20-15)14-8-7-12-5-3-4-6-13(12)11-14/h9-10,12-14,17,19H,2-8,11H2,1H3. The minimum atomic E-state index is 0.528. The molecule has 0 saturated heterocycles. The van der Waals surface area contributed by atoms with E-state index in [0.717, 1.165) is 28.6 Å². The van der Waals surface area contributed by atoms with Crippen LogP contribution in [0.25, 0.3) is 0 Å². The molecule has 0 aliphatic heterocycles. The topological polar surface area (TPSA) is 12.0 Å². The molecule has 2 aliphatic rings. The van der Waals surface area contributed by atoms with E-state index in [1.54, 1.807) is 11.3 Å². The molecule has 0 aromatic carbocycles. The van der Waals surface area contributed by atoms with Gasteiger partial charge in [-0.2, -0.15) is 0 Å². The van der Waals surface area contributed by atoms with Crippen molar-refractivity contribution in [2.24, 2.45) is 17.8 Å². The molecule has 1 N–H and O–H groups in total. The monoisotopic (exact) mass is 311 g/mol. The molecule has 0 spiro atoms. The highest BCUT2D eigenvalue weighted by atomic mass is 35.5. The van der Waals surface area contributed by atoms with Crippen molar-refractivity contribution in [1.82, 2.24) is 5.32 Å². The van der Waals surface area contributed by atoms with Crippen molar-refractivity contribution >= 4 is 22.9 Å². The van der Waals surface area contributed by atoms with E-state index in [-0.39, 0.29) is 0 Å². The highest BCUT2D eigenvalue weighted by molar-refractivity contribution is 7.16. The molecule has 1 nitrogen and oxygen atoms in total. The SMILES string of the molecule is CCNC(c1ccc(Cl)s1)C1CCC2CCCCC2C1. The first-order valence-electron chi connectivity index (χ1n) is 8.26. The Bertz CT molecular complexity index is 430. The Morgan fingerprint density at radius 2 is 2.00 bits per heavy atom. The summed E-state index contributed by atoms with van der Waals surface area (Å²) in [6, 6.07) is 4.81. The molecule has 20 heavy (non-hydrogen) atoms. The summed E-state index contributed by atoms with van der Waals surface area (Å²) in [6.07, 6.45) is 10.2. The van der Waals surface area contributed by atoms with Crippen LogP contribution >= 0.6 is 22.9 Å². The van der Waals surface area contributed by atoms with Gasteiger partial charge in [0.15, 0.2) is 0 Å². The number of halogens is 1. The van der Waals surface area contributed by atoms with Gasteiger partial charge in [0.05, 0.1) is 4.34 Å². The Labute approximate surface area is 132 Å². The fourth-order valence-electron chi connectivity index (χ4n) is 4.43. The van der Waals surface area contributed by atoms with E-state index < -0.39 is 0 Å². The van der Waals surface area contributed by atoms with Gasteiger partial charge < -0.3 is 5.32 Å². The number of thiophene rings is 1. The van der Waals surface area contributed by atoms with Gasteiger partial charge in [-0.15, -0.1) is 11.3 Å². The second-order valence-corrected chi connectivity index (χ2v) is 8.30. The maximum absolute atomic E-state index is 6.15. The number of nitrogens with one attached hydrogen (secondary N) is 1. The van der Waals surface area contributed by atoms with Crippen LogP contribution in [-0.4, -0.2) is 6.54 Å². The summed E-state index contributed by atoms with van der Waals surface area (Å²) in [5.41, 5.74) is 0. The predicted octanol–water partition coefficient (Wildman–Crippen LogP) is 5.66. The van der Waals surface area contributed by atoms with Gasteiger partial charge in [-0.1, -0.05) is 44.2 Å². The summed E-state index contributed by atoms with van der Waals surface area (Å²) in [4.78, 5) is 1.44. The van der Waals surface area contributed by atoms with Crippen LogP contribution in [0, 0.1) is 17.8 Å². The Morgan fingerprint density at radius 1 is 1.20 bits per heavy atom. The fourth-order valence-corrected chi connectivity index (χ4v) is 5.66. The molecule has 2 aliphatic carbocycles. The lowest BCUT2D eigenvalue weighted by molar-refractivity contribution is 0.110. The van der Waals surface area contributed by atoms with Crippen molar-refractivity contribution in [1.29, 1.82) is 0 Å². The van der Waals surface area contributed by atoms with Crippen LogP contribution in [0.1, 0.15) is 62.8 Å². The fraction of sp³-hybridized carbons (Fsp3) is 0.765. The van der Waals surface area contributed by atoms with Crippen molar-refractivity contribution in [3.05, 3.63) is 21.3 Å². The number of hydrogen-bond donors (Lipinski definition) is 1. The number of fused-ring (bicyclic) bond motifs is 1. The third kappa shape index (κ3) is 3.23. The molecular weight excluding hydrogens is 286 g/mol. The second kappa shape index (κ2) is 6.81. The molecule has 4 unspecified atom stereocenters. The Balaban J connectivity index is 1.71. The molecule has 2 fully saturated rings. The zero-order valence-electron chi connectivity index (χ0n) is 12.4. The molecule has 1 aromatic heterocycles. The zero-order chi connectivity index (χ0) is 13.9. The van der Waals surface area contributed by atoms with E-state index in [4.69, 9.17) is 11.6 Å². The molecule has 0 bridgehead atoms. The maximum Gasteiger partial charge on any atom is 0.0931 e. The average Bonchev–Trinajstić information content (AvgIpc) is 2.90. The zero-order valence-corrected chi connectivity index (χ0v) is 14.0. The first kappa shape index (κ1) is 14.9. The largest absolute Gasteiger partial charge is 0.309 e. The van der Waals surface area contributed by atoms with Crippen molar-refractivity contribution in [2.45, 2.75) is 57.9 Å². The van der Waals surface area contributed by atoms with E-state index >= 15 is 0 Å². The summed E-state index contributed by atoms with van der Waals surface area (Å²) >= 11 is 7.91. The molecule has 4 atom stereocenters. The predicted molar refractivity (Wildman–Crippen MR) is 88.5 cm³/mol. The first-order valence-corrected chi connectivity index (χ1v) is 9.46.